The van der Waals surface area contributed by atoms with Gasteiger partial charge in [0.25, 0.3) is 0 Å². The van der Waals surface area contributed by atoms with Crippen LogP contribution in [0.25, 0.3) is 0 Å². The molecular weight excluding hydrogens is 202 g/mol. The zero-order valence-corrected chi connectivity index (χ0v) is 11.2. The maximum Gasteiger partial charge on any atom is 0.0743 e. The highest BCUT2D eigenvalue weighted by Gasteiger charge is 2.24. The normalized spacial score (nSPS) is 21.0. The summed E-state index contributed by atoms with van der Waals surface area (Å²) in [6.45, 7) is 10.6. The minimum Gasteiger partial charge on any atom is -0.381 e. The predicted octanol–water partition coefficient (Wildman–Crippen LogP) is 2.06. The van der Waals surface area contributed by atoms with Gasteiger partial charge < -0.3 is 14.8 Å². The van der Waals surface area contributed by atoms with E-state index in [0.29, 0.717) is 0 Å². The lowest BCUT2D eigenvalue weighted by atomic mass is 9.89. The fraction of sp³-hybridized carbons (Fsp3) is 1.00. The summed E-state index contributed by atoms with van der Waals surface area (Å²) in [7, 11) is 1.80. The summed E-state index contributed by atoms with van der Waals surface area (Å²) in [5.74, 6) is 0.784. The first-order valence-electron chi connectivity index (χ1n) is 6.35. The molecule has 1 unspecified atom stereocenters. The summed E-state index contributed by atoms with van der Waals surface area (Å²) in [4.78, 5) is 0. The van der Waals surface area contributed by atoms with Gasteiger partial charge >= 0.3 is 0 Å². The molecule has 1 aliphatic heterocycles. The van der Waals surface area contributed by atoms with Crippen LogP contribution in [0.2, 0.25) is 0 Å². The Morgan fingerprint density at radius 2 is 1.94 bits per heavy atom. The summed E-state index contributed by atoms with van der Waals surface area (Å²) in [6, 6.07) is 0. The van der Waals surface area contributed by atoms with Gasteiger partial charge in [-0.15, -0.1) is 0 Å². The molecule has 0 saturated carbocycles. The number of nitrogens with one attached hydrogen (secondary N) is 1. The van der Waals surface area contributed by atoms with Crippen molar-refractivity contribution in [2.24, 2.45) is 11.3 Å². The third-order valence-corrected chi connectivity index (χ3v) is 3.35. The van der Waals surface area contributed by atoms with E-state index < -0.39 is 0 Å². The van der Waals surface area contributed by atoms with Gasteiger partial charge in [-0.05, 0) is 30.7 Å². The molecule has 0 aromatic carbocycles. The fourth-order valence-corrected chi connectivity index (χ4v) is 2.11. The van der Waals surface area contributed by atoms with Crippen molar-refractivity contribution in [2.75, 3.05) is 33.4 Å². The van der Waals surface area contributed by atoms with Gasteiger partial charge in [0.15, 0.2) is 0 Å². The van der Waals surface area contributed by atoms with Gasteiger partial charge in [0.1, 0.15) is 0 Å². The lowest BCUT2D eigenvalue weighted by Gasteiger charge is -2.30. The Bertz CT molecular complexity index is 183. The molecule has 0 aromatic rings. The molecular formula is C13H27NO2. The van der Waals surface area contributed by atoms with Crippen molar-refractivity contribution in [1.82, 2.24) is 5.32 Å². The van der Waals surface area contributed by atoms with Crippen molar-refractivity contribution in [3.05, 3.63) is 0 Å². The second-order valence-electron chi connectivity index (χ2n) is 5.80. The molecule has 0 radical (unpaired) electrons. The van der Waals surface area contributed by atoms with E-state index in [-0.39, 0.29) is 11.5 Å². The van der Waals surface area contributed by atoms with Gasteiger partial charge in [-0.3, -0.25) is 0 Å². The smallest absolute Gasteiger partial charge is 0.0743 e. The number of ether oxygens (including phenoxy) is 2. The lowest BCUT2D eigenvalue weighted by molar-refractivity contribution is 0.0148. The topological polar surface area (TPSA) is 30.5 Å². The van der Waals surface area contributed by atoms with E-state index in [1.807, 2.05) is 0 Å². The number of rotatable bonds is 5. The molecule has 1 N–H and O–H groups in total. The van der Waals surface area contributed by atoms with Crippen LogP contribution < -0.4 is 5.32 Å². The largest absolute Gasteiger partial charge is 0.381 e. The molecule has 0 aromatic heterocycles. The van der Waals surface area contributed by atoms with Gasteiger partial charge in [-0.2, -0.15) is 0 Å². The molecule has 3 heteroatoms. The van der Waals surface area contributed by atoms with Gasteiger partial charge in [0.2, 0.25) is 0 Å². The monoisotopic (exact) mass is 229 g/mol. The average Bonchev–Trinajstić information content (AvgIpc) is 2.24. The second kappa shape index (κ2) is 6.58. The molecule has 1 rings (SSSR count). The van der Waals surface area contributed by atoms with E-state index in [1.54, 1.807) is 7.11 Å². The molecule has 0 aliphatic carbocycles. The van der Waals surface area contributed by atoms with E-state index in [4.69, 9.17) is 9.47 Å². The Balaban J connectivity index is 2.17. The molecule has 1 aliphatic rings. The Morgan fingerprint density at radius 3 is 2.44 bits per heavy atom. The van der Waals surface area contributed by atoms with Crippen LogP contribution in [0.3, 0.4) is 0 Å². The second-order valence-corrected chi connectivity index (χ2v) is 5.80. The first-order valence-corrected chi connectivity index (χ1v) is 6.35. The van der Waals surface area contributed by atoms with Crippen LogP contribution in [0.5, 0.6) is 0 Å². The van der Waals surface area contributed by atoms with E-state index in [9.17, 15) is 0 Å². The highest BCUT2D eigenvalue weighted by atomic mass is 16.5. The molecule has 3 nitrogen and oxygen atoms in total. The number of methoxy groups -OCH3 is 1. The van der Waals surface area contributed by atoms with E-state index in [1.165, 1.54) is 12.8 Å². The molecule has 1 saturated heterocycles. The molecule has 1 atom stereocenters. The van der Waals surface area contributed by atoms with Crippen LogP contribution in [0.15, 0.2) is 0 Å². The van der Waals surface area contributed by atoms with E-state index >= 15 is 0 Å². The first-order chi connectivity index (χ1) is 7.54. The van der Waals surface area contributed by atoms with Crippen LogP contribution in [0.1, 0.15) is 33.6 Å². The molecule has 0 bridgehead atoms. The molecule has 1 heterocycles. The van der Waals surface area contributed by atoms with Crippen molar-refractivity contribution in [2.45, 2.75) is 39.7 Å². The number of hydrogen-bond donors (Lipinski definition) is 1. The summed E-state index contributed by atoms with van der Waals surface area (Å²) in [5, 5.41) is 3.53. The lowest BCUT2D eigenvalue weighted by Crippen LogP contribution is -2.40. The maximum atomic E-state index is 5.52. The van der Waals surface area contributed by atoms with Crippen LogP contribution in [-0.2, 0) is 9.47 Å². The highest BCUT2D eigenvalue weighted by molar-refractivity contribution is 4.77. The zero-order valence-electron chi connectivity index (χ0n) is 11.2. The Labute approximate surface area is 99.9 Å². The van der Waals surface area contributed by atoms with E-state index in [2.05, 4.69) is 26.1 Å². The Morgan fingerprint density at radius 1 is 1.31 bits per heavy atom. The standard InChI is InChI=1S/C13H27NO2/c1-13(2,3)12(15-4)10-14-9-11-5-7-16-8-6-11/h11-12,14H,5-10H2,1-4H3. The Hall–Kier alpha value is -0.120. The average molecular weight is 229 g/mol. The van der Waals surface area contributed by atoms with Gasteiger partial charge in [-0.25, -0.2) is 0 Å². The molecule has 1 fully saturated rings. The van der Waals surface area contributed by atoms with Crippen molar-refractivity contribution >= 4 is 0 Å². The molecule has 96 valence electrons. The Kier molecular flexibility index (Phi) is 5.73. The van der Waals surface area contributed by atoms with Gasteiger partial charge in [-0.1, -0.05) is 20.8 Å². The summed E-state index contributed by atoms with van der Waals surface area (Å²) in [5.41, 5.74) is 0.206. The van der Waals surface area contributed by atoms with Crippen LogP contribution in [0, 0.1) is 11.3 Å². The van der Waals surface area contributed by atoms with Gasteiger partial charge in [0.05, 0.1) is 6.10 Å². The van der Waals surface area contributed by atoms with Crippen LogP contribution in [-0.4, -0.2) is 39.5 Å². The summed E-state index contributed by atoms with van der Waals surface area (Å²) < 4.78 is 10.9. The van der Waals surface area contributed by atoms with Crippen LogP contribution >= 0.6 is 0 Å². The first kappa shape index (κ1) is 13.9. The van der Waals surface area contributed by atoms with Crippen LogP contribution in [0.4, 0.5) is 0 Å². The van der Waals surface area contributed by atoms with Crippen molar-refractivity contribution in [3.63, 3.8) is 0 Å². The maximum absolute atomic E-state index is 5.52. The highest BCUT2D eigenvalue weighted by Crippen LogP contribution is 2.21. The minimum atomic E-state index is 0.206. The molecule has 0 amide bonds. The number of hydrogen-bond acceptors (Lipinski definition) is 3. The quantitative estimate of drug-likeness (QED) is 0.783. The van der Waals surface area contributed by atoms with E-state index in [0.717, 1.165) is 32.2 Å². The fourth-order valence-electron chi connectivity index (χ4n) is 2.11. The zero-order chi connectivity index (χ0) is 12.0. The van der Waals surface area contributed by atoms with Crippen molar-refractivity contribution < 1.29 is 9.47 Å². The third-order valence-electron chi connectivity index (χ3n) is 3.35. The molecule has 0 spiro atoms. The SMILES string of the molecule is COC(CNCC1CCOCC1)C(C)(C)C. The van der Waals surface area contributed by atoms with Crippen molar-refractivity contribution in [1.29, 1.82) is 0 Å². The predicted molar refractivity (Wildman–Crippen MR) is 66.7 cm³/mol. The summed E-state index contributed by atoms with van der Waals surface area (Å²) >= 11 is 0. The summed E-state index contributed by atoms with van der Waals surface area (Å²) in [6.07, 6.45) is 2.67. The minimum absolute atomic E-state index is 0.206. The van der Waals surface area contributed by atoms with Crippen molar-refractivity contribution in [3.8, 4) is 0 Å². The molecule has 16 heavy (non-hydrogen) atoms. The van der Waals surface area contributed by atoms with Gasteiger partial charge in [0, 0.05) is 26.9 Å². The third kappa shape index (κ3) is 4.81.